The smallest absolute Gasteiger partial charge is 0.259 e. The van der Waals surface area contributed by atoms with Crippen LogP contribution in [0.15, 0.2) is 53.4 Å². The number of carbonyl (C=O) groups excluding carboxylic acids is 1. The van der Waals surface area contributed by atoms with Gasteiger partial charge in [-0.25, -0.2) is 8.42 Å². The summed E-state index contributed by atoms with van der Waals surface area (Å²) in [4.78, 5) is 12.9. The maximum Gasteiger partial charge on any atom is 0.259 e. The van der Waals surface area contributed by atoms with Gasteiger partial charge in [0.2, 0.25) is 10.0 Å². The second-order valence-corrected chi connectivity index (χ2v) is 9.07. The molecule has 0 saturated carbocycles. The minimum absolute atomic E-state index is 0.241. The first-order valence-electron chi connectivity index (χ1n) is 10.1. The van der Waals surface area contributed by atoms with Gasteiger partial charge in [0, 0.05) is 25.9 Å². The number of rotatable bonds is 8. The molecule has 1 fully saturated rings. The molecule has 1 amide bonds. The van der Waals surface area contributed by atoms with Gasteiger partial charge < -0.3 is 14.8 Å². The topological polar surface area (TPSA) is 84.9 Å². The maximum absolute atomic E-state index is 12.9. The van der Waals surface area contributed by atoms with E-state index in [0.29, 0.717) is 43.3 Å². The number of benzene rings is 2. The molecule has 0 radical (unpaired) electrons. The molecule has 1 N–H and O–H groups in total. The summed E-state index contributed by atoms with van der Waals surface area (Å²) in [6.45, 7) is 1.87. The lowest BCUT2D eigenvalue weighted by atomic mass is 10.2. The van der Waals surface area contributed by atoms with E-state index in [1.165, 1.54) is 12.1 Å². The summed E-state index contributed by atoms with van der Waals surface area (Å²) in [5, 5.41) is 2.80. The molecule has 3 rings (SSSR count). The Labute approximate surface area is 178 Å². The van der Waals surface area contributed by atoms with Gasteiger partial charge >= 0.3 is 0 Å². The Bertz CT molecular complexity index is 936. The van der Waals surface area contributed by atoms with Gasteiger partial charge in [0.05, 0.1) is 17.1 Å². The van der Waals surface area contributed by atoms with Crippen molar-refractivity contribution in [3.63, 3.8) is 0 Å². The minimum atomic E-state index is -3.51. The van der Waals surface area contributed by atoms with Crippen molar-refractivity contribution >= 4 is 21.6 Å². The number of sulfonamides is 1. The predicted octanol–water partition coefficient (Wildman–Crippen LogP) is 3.53. The van der Waals surface area contributed by atoms with E-state index in [2.05, 4.69) is 5.32 Å². The molecule has 0 atom stereocenters. The molecule has 1 saturated heterocycles. The van der Waals surface area contributed by atoms with Crippen molar-refractivity contribution in [1.82, 2.24) is 4.31 Å². The average Bonchev–Trinajstić information content (AvgIpc) is 3.05. The van der Waals surface area contributed by atoms with Crippen LogP contribution in [0, 0.1) is 0 Å². The second kappa shape index (κ2) is 10.6. The summed E-state index contributed by atoms with van der Waals surface area (Å²) in [6.07, 6.45) is 3.90. The third-order valence-corrected chi connectivity index (χ3v) is 6.90. The highest BCUT2D eigenvalue weighted by atomic mass is 32.2. The van der Waals surface area contributed by atoms with Crippen LogP contribution < -0.4 is 10.1 Å². The van der Waals surface area contributed by atoms with Crippen molar-refractivity contribution in [2.45, 2.75) is 30.6 Å². The van der Waals surface area contributed by atoms with Crippen LogP contribution in [0.3, 0.4) is 0 Å². The van der Waals surface area contributed by atoms with Crippen LogP contribution in [0.2, 0.25) is 0 Å². The normalized spacial score (nSPS) is 15.4. The lowest BCUT2D eigenvalue weighted by Crippen LogP contribution is -2.31. The molecule has 1 aliphatic heterocycles. The van der Waals surface area contributed by atoms with E-state index in [9.17, 15) is 13.2 Å². The van der Waals surface area contributed by atoms with Crippen LogP contribution in [-0.2, 0) is 14.8 Å². The number of hydrogen-bond acceptors (Lipinski definition) is 5. The number of nitrogens with zero attached hydrogens (tertiary/aromatic N) is 1. The molecule has 0 aromatic heterocycles. The molecule has 1 aliphatic rings. The first-order chi connectivity index (χ1) is 14.5. The highest BCUT2D eigenvalue weighted by Gasteiger charge is 2.25. The van der Waals surface area contributed by atoms with E-state index in [4.69, 9.17) is 9.47 Å². The van der Waals surface area contributed by atoms with Gasteiger partial charge in [-0.2, -0.15) is 4.31 Å². The Morgan fingerprint density at radius 2 is 1.63 bits per heavy atom. The average molecular weight is 433 g/mol. The fourth-order valence-electron chi connectivity index (χ4n) is 3.35. The molecule has 2 aromatic carbocycles. The number of methoxy groups -OCH3 is 1. The highest BCUT2D eigenvalue weighted by Crippen LogP contribution is 2.23. The summed E-state index contributed by atoms with van der Waals surface area (Å²) in [5.74, 6) is 0.138. The number of carbonyl (C=O) groups is 1. The number of amides is 1. The van der Waals surface area contributed by atoms with Crippen LogP contribution in [0.25, 0.3) is 0 Å². The van der Waals surface area contributed by atoms with Gasteiger partial charge in [-0.3, -0.25) is 4.79 Å². The SMILES string of the molecule is COCCOc1ccccc1C(=O)Nc1ccc(S(=O)(=O)N2CCCCCC2)cc1. The van der Waals surface area contributed by atoms with E-state index in [-0.39, 0.29) is 10.8 Å². The quantitative estimate of drug-likeness (QED) is 0.645. The van der Waals surface area contributed by atoms with Gasteiger partial charge in [-0.15, -0.1) is 0 Å². The number of ether oxygens (including phenoxy) is 2. The Hall–Kier alpha value is -2.42. The van der Waals surface area contributed by atoms with Crippen LogP contribution in [-0.4, -0.2) is 52.0 Å². The summed E-state index contributed by atoms with van der Waals surface area (Å²) in [6, 6.07) is 13.2. The van der Waals surface area contributed by atoms with Gasteiger partial charge in [0.15, 0.2) is 0 Å². The molecule has 8 heteroatoms. The second-order valence-electron chi connectivity index (χ2n) is 7.13. The van der Waals surface area contributed by atoms with E-state index < -0.39 is 10.0 Å². The van der Waals surface area contributed by atoms with Gasteiger partial charge in [-0.05, 0) is 49.2 Å². The molecule has 0 unspecified atom stereocenters. The summed E-state index contributed by atoms with van der Waals surface area (Å²) < 4.78 is 37.9. The van der Waals surface area contributed by atoms with Crippen molar-refractivity contribution in [3.05, 3.63) is 54.1 Å². The lowest BCUT2D eigenvalue weighted by molar-refractivity contribution is 0.101. The summed E-state index contributed by atoms with van der Waals surface area (Å²) in [5.41, 5.74) is 0.913. The lowest BCUT2D eigenvalue weighted by Gasteiger charge is -2.20. The molecular weight excluding hydrogens is 404 g/mol. The fourth-order valence-corrected chi connectivity index (χ4v) is 4.87. The van der Waals surface area contributed by atoms with Crippen LogP contribution in [0.5, 0.6) is 5.75 Å². The Balaban J connectivity index is 1.69. The molecule has 0 aliphatic carbocycles. The van der Waals surface area contributed by atoms with Gasteiger partial charge in [0.1, 0.15) is 12.4 Å². The summed E-state index contributed by atoms with van der Waals surface area (Å²) >= 11 is 0. The maximum atomic E-state index is 12.9. The zero-order valence-corrected chi connectivity index (χ0v) is 18.0. The molecule has 0 spiro atoms. The number of para-hydroxylation sites is 1. The molecule has 162 valence electrons. The molecule has 0 bridgehead atoms. The Morgan fingerprint density at radius 3 is 2.30 bits per heavy atom. The highest BCUT2D eigenvalue weighted by molar-refractivity contribution is 7.89. The zero-order chi connectivity index (χ0) is 21.4. The number of nitrogens with one attached hydrogen (secondary N) is 1. The zero-order valence-electron chi connectivity index (χ0n) is 17.2. The van der Waals surface area contributed by atoms with E-state index in [1.807, 2.05) is 0 Å². The van der Waals surface area contributed by atoms with Crippen LogP contribution >= 0.6 is 0 Å². The molecule has 30 heavy (non-hydrogen) atoms. The first-order valence-corrected chi connectivity index (χ1v) is 11.6. The van der Waals surface area contributed by atoms with Crippen LogP contribution in [0.4, 0.5) is 5.69 Å². The van der Waals surface area contributed by atoms with Gasteiger partial charge in [0.25, 0.3) is 5.91 Å². The predicted molar refractivity (Wildman–Crippen MR) is 115 cm³/mol. The molecule has 1 heterocycles. The van der Waals surface area contributed by atoms with Gasteiger partial charge in [-0.1, -0.05) is 25.0 Å². The Morgan fingerprint density at radius 1 is 0.967 bits per heavy atom. The molecule has 2 aromatic rings. The minimum Gasteiger partial charge on any atom is -0.490 e. The third kappa shape index (κ3) is 5.59. The van der Waals surface area contributed by atoms with E-state index in [1.54, 1.807) is 47.8 Å². The van der Waals surface area contributed by atoms with E-state index in [0.717, 1.165) is 25.7 Å². The largest absolute Gasteiger partial charge is 0.490 e. The van der Waals surface area contributed by atoms with Crippen molar-refractivity contribution < 1.29 is 22.7 Å². The number of anilines is 1. The van der Waals surface area contributed by atoms with Crippen molar-refractivity contribution in [2.24, 2.45) is 0 Å². The first kappa shape index (κ1) is 22.3. The number of hydrogen-bond donors (Lipinski definition) is 1. The third-order valence-electron chi connectivity index (χ3n) is 4.99. The summed E-state index contributed by atoms with van der Waals surface area (Å²) in [7, 11) is -1.93. The standard InChI is InChI=1S/C22H28N2O5S/c1-28-16-17-29-21-9-5-4-8-20(21)22(25)23-18-10-12-19(13-11-18)30(26,27)24-14-6-2-3-7-15-24/h4-5,8-13H,2-3,6-7,14-17H2,1H3,(H,23,25). The molecular formula is C22H28N2O5S. The van der Waals surface area contributed by atoms with Crippen molar-refractivity contribution in [3.8, 4) is 5.75 Å². The monoisotopic (exact) mass is 432 g/mol. The Kier molecular flexibility index (Phi) is 7.84. The fraction of sp³-hybridized carbons (Fsp3) is 0.409. The molecule has 7 nitrogen and oxygen atoms in total. The van der Waals surface area contributed by atoms with Crippen molar-refractivity contribution in [1.29, 1.82) is 0 Å². The van der Waals surface area contributed by atoms with E-state index >= 15 is 0 Å². The van der Waals surface area contributed by atoms with Crippen molar-refractivity contribution in [2.75, 3.05) is 38.7 Å². The van der Waals surface area contributed by atoms with Crippen LogP contribution in [0.1, 0.15) is 36.0 Å².